The summed E-state index contributed by atoms with van der Waals surface area (Å²) in [6.07, 6.45) is 30.0. The number of hydrogen-bond acceptors (Lipinski definition) is 3. The summed E-state index contributed by atoms with van der Waals surface area (Å²) in [5.41, 5.74) is 27.9. The van der Waals surface area contributed by atoms with E-state index in [-0.39, 0.29) is 11.3 Å². The zero-order chi connectivity index (χ0) is 38.3. The van der Waals surface area contributed by atoms with Crippen LogP contribution in [0.15, 0.2) is 152 Å². The van der Waals surface area contributed by atoms with Crippen LogP contribution in [0, 0.1) is 5.92 Å². The molecule has 11 rings (SSSR count). The average Bonchev–Trinajstić information content (AvgIpc) is 3.86. The van der Waals surface area contributed by atoms with Crippen LogP contribution in [-0.2, 0) is 24.9 Å². The van der Waals surface area contributed by atoms with E-state index in [2.05, 4.69) is 140 Å². The Morgan fingerprint density at radius 2 is 1.53 bits per heavy atom. The Kier molecular flexibility index (Phi) is 8.07. The highest BCUT2D eigenvalue weighted by atomic mass is 16.3. The molecule has 2 heterocycles. The van der Waals surface area contributed by atoms with Crippen molar-refractivity contribution in [1.29, 1.82) is 0 Å². The van der Waals surface area contributed by atoms with Gasteiger partial charge in [0.05, 0.1) is 11.2 Å². The maximum Gasteiger partial charge on any atom is 0.134 e. The minimum atomic E-state index is -0.153. The third-order valence-electron chi connectivity index (χ3n) is 13.7. The van der Waals surface area contributed by atoms with Crippen molar-refractivity contribution in [1.82, 2.24) is 4.57 Å². The summed E-state index contributed by atoms with van der Waals surface area (Å²) in [6.45, 7) is 5.42. The lowest BCUT2D eigenvalue weighted by Gasteiger charge is -2.30. The molecule has 282 valence electrons. The summed E-state index contributed by atoms with van der Waals surface area (Å²) in [5.74, 6) is 1.14. The Hall–Kier alpha value is -5.87. The average molecular weight is 744 g/mol. The second-order valence-corrected chi connectivity index (χ2v) is 17.2. The molecule has 0 saturated carbocycles. The van der Waals surface area contributed by atoms with E-state index >= 15 is 0 Å². The van der Waals surface area contributed by atoms with E-state index in [1.54, 1.807) is 0 Å². The molecule has 2 aromatic heterocycles. The molecule has 6 aliphatic rings. The number of aliphatic imine (C=N–C) groups is 1. The van der Waals surface area contributed by atoms with Crippen LogP contribution in [0.3, 0.4) is 0 Å². The largest absolute Gasteiger partial charge is 0.460 e. The highest BCUT2D eigenvalue weighted by Crippen LogP contribution is 2.53. The molecule has 2 N–H and O–H groups in total. The first-order chi connectivity index (χ1) is 27.9. The predicted octanol–water partition coefficient (Wildman–Crippen LogP) is 12.7. The monoisotopic (exact) mass is 743 g/mol. The van der Waals surface area contributed by atoms with Crippen LogP contribution in [0.25, 0.3) is 39.6 Å². The van der Waals surface area contributed by atoms with Gasteiger partial charge in [-0.3, -0.25) is 4.99 Å². The lowest BCUT2D eigenvalue weighted by Crippen LogP contribution is -2.28. The van der Waals surface area contributed by atoms with Gasteiger partial charge >= 0.3 is 0 Å². The number of aromatic nitrogens is 1. The maximum absolute atomic E-state index is 6.91. The number of para-hydroxylation sites is 2. The van der Waals surface area contributed by atoms with Gasteiger partial charge in [0.2, 0.25) is 0 Å². The highest BCUT2D eigenvalue weighted by molar-refractivity contribution is 6.07. The van der Waals surface area contributed by atoms with Crippen molar-refractivity contribution in [2.24, 2.45) is 16.6 Å². The number of hydrogen-bond donors (Lipinski definition) is 1. The summed E-state index contributed by atoms with van der Waals surface area (Å²) in [5, 5.41) is 2.52. The van der Waals surface area contributed by atoms with E-state index in [1.165, 1.54) is 83.2 Å². The molecule has 1 unspecified atom stereocenters. The molecule has 0 spiro atoms. The predicted molar refractivity (Wildman–Crippen MR) is 237 cm³/mol. The van der Waals surface area contributed by atoms with Gasteiger partial charge in [-0.1, -0.05) is 105 Å². The fourth-order valence-corrected chi connectivity index (χ4v) is 10.9. The molecule has 4 nitrogen and oxygen atoms in total. The fraction of sp³-hybridized carbons (Fsp3) is 0.264. The van der Waals surface area contributed by atoms with E-state index in [4.69, 9.17) is 15.1 Å². The molecule has 0 fully saturated rings. The Morgan fingerprint density at radius 3 is 2.39 bits per heavy atom. The molecule has 3 aromatic carbocycles. The van der Waals surface area contributed by atoms with E-state index in [9.17, 15) is 0 Å². The zero-order valence-corrected chi connectivity index (χ0v) is 33.1. The molecular weight excluding hydrogens is 695 g/mol. The van der Waals surface area contributed by atoms with Crippen LogP contribution in [0.5, 0.6) is 0 Å². The van der Waals surface area contributed by atoms with Gasteiger partial charge in [-0.2, -0.15) is 0 Å². The number of allylic oxidation sites excluding steroid dienone is 14. The summed E-state index contributed by atoms with van der Waals surface area (Å²) >= 11 is 0. The van der Waals surface area contributed by atoms with Gasteiger partial charge in [-0.05, 0) is 126 Å². The smallest absolute Gasteiger partial charge is 0.134 e. The first-order valence-corrected chi connectivity index (χ1v) is 21.1. The van der Waals surface area contributed by atoms with Crippen LogP contribution < -0.4 is 5.73 Å². The number of rotatable bonds is 6. The molecule has 0 saturated heterocycles. The molecule has 4 heteroatoms. The maximum atomic E-state index is 6.91. The van der Waals surface area contributed by atoms with Crippen LogP contribution in [-0.4, -0.2) is 10.3 Å². The van der Waals surface area contributed by atoms with Crippen molar-refractivity contribution >= 4 is 45.3 Å². The van der Waals surface area contributed by atoms with Crippen LogP contribution in [0.4, 0.5) is 0 Å². The van der Waals surface area contributed by atoms with Gasteiger partial charge in [0.1, 0.15) is 18.0 Å². The van der Waals surface area contributed by atoms with Gasteiger partial charge in [-0.15, -0.1) is 0 Å². The Bertz CT molecular complexity index is 2830. The van der Waals surface area contributed by atoms with Crippen molar-refractivity contribution in [3.63, 3.8) is 0 Å². The highest BCUT2D eigenvalue weighted by Gasteiger charge is 2.41. The van der Waals surface area contributed by atoms with E-state index < -0.39 is 0 Å². The second kappa shape index (κ2) is 13.4. The standard InChI is InChI=1S/C53H49N3O/c1-53(2)45-31-36(33-13-4-3-5-14-33)23-26-37(45)40-18-12-19-42(51(40)53)52(41-17-6-9-20-46(41)54)55-32-56-47-21-10-7-15-38(47)43-29-34(24-27-48(43)56)35-25-28-50-44(30-35)39-16-8-11-22-49(39)57-50/h3-4,6-13,15-16,18-22,29-31,41H,5,14,17,23-28,32,54H2,1-2H3. The fourth-order valence-electron chi connectivity index (χ4n) is 10.9. The Balaban J connectivity index is 0.998. The molecule has 57 heavy (non-hydrogen) atoms. The minimum absolute atomic E-state index is 0.0199. The van der Waals surface area contributed by atoms with Gasteiger partial charge in [0.25, 0.3) is 0 Å². The number of nitrogens with zero attached hydrogens (tertiary/aromatic N) is 2. The van der Waals surface area contributed by atoms with Crippen molar-refractivity contribution in [3.05, 3.63) is 182 Å². The number of aryl methyl sites for hydroxylation is 1. The summed E-state index contributed by atoms with van der Waals surface area (Å²) < 4.78 is 8.75. The SMILES string of the molecule is CC1(C)C2=C(CCC(C3=CC=CCC3)=C2)c2cccc(C(=NCn3c4c(c5ccccc53)C=C(C3=Cc5c(oc6ccccc56)CC3)CC4)C3CC=CC=C3N)c21. The third kappa shape index (κ3) is 5.51. The van der Waals surface area contributed by atoms with Crippen LogP contribution in [0.1, 0.15) is 98.1 Å². The third-order valence-corrected chi connectivity index (χ3v) is 13.7. The summed E-state index contributed by atoms with van der Waals surface area (Å²) in [4.78, 5) is 5.71. The molecule has 0 aliphatic heterocycles. The van der Waals surface area contributed by atoms with E-state index in [0.717, 1.165) is 80.5 Å². The molecule has 6 aliphatic carbocycles. The van der Waals surface area contributed by atoms with Crippen LogP contribution >= 0.6 is 0 Å². The Morgan fingerprint density at radius 1 is 0.754 bits per heavy atom. The van der Waals surface area contributed by atoms with Crippen LogP contribution in [0.2, 0.25) is 0 Å². The van der Waals surface area contributed by atoms with Gasteiger partial charge in [0, 0.05) is 56.6 Å². The van der Waals surface area contributed by atoms with Gasteiger partial charge in [0.15, 0.2) is 0 Å². The lowest BCUT2D eigenvalue weighted by molar-refractivity contribution is 0.543. The summed E-state index contributed by atoms with van der Waals surface area (Å²) in [6, 6.07) is 24.3. The number of benzene rings is 3. The molecule has 1 atom stereocenters. The minimum Gasteiger partial charge on any atom is -0.460 e. The Labute approximate surface area is 335 Å². The first kappa shape index (κ1) is 34.4. The summed E-state index contributed by atoms with van der Waals surface area (Å²) in [7, 11) is 0. The van der Waals surface area contributed by atoms with E-state index in [1.807, 2.05) is 0 Å². The lowest BCUT2D eigenvalue weighted by atomic mass is 9.74. The topological polar surface area (TPSA) is 56.5 Å². The van der Waals surface area contributed by atoms with E-state index in [0.29, 0.717) is 6.67 Å². The molecule has 0 radical (unpaired) electrons. The van der Waals surface area contributed by atoms with Gasteiger partial charge in [-0.25, -0.2) is 0 Å². The number of furan rings is 1. The van der Waals surface area contributed by atoms with Crippen molar-refractivity contribution in [2.45, 2.75) is 83.7 Å². The number of nitrogens with two attached hydrogens (primary N) is 1. The molecule has 5 aromatic rings. The van der Waals surface area contributed by atoms with Crippen molar-refractivity contribution < 1.29 is 4.42 Å². The zero-order valence-electron chi connectivity index (χ0n) is 33.1. The van der Waals surface area contributed by atoms with Crippen molar-refractivity contribution in [2.75, 3.05) is 0 Å². The van der Waals surface area contributed by atoms with Crippen molar-refractivity contribution in [3.8, 4) is 0 Å². The normalized spacial score (nSPS) is 21.1. The first-order valence-electron chi connectivity index (χ1n) is 21.1. The number of fused-ring (bicyclic) bond motifs is 8. The molecular formula is C53H49N3O. The van der Waals surface area contributed by atoms with Gasteiger partial charge < -0.3 is 14.7 Å². The molecule has 0 amide bonds. The second-order valence-electron chi connectivity index (χ2n) is 17.2. The molecule has 0 bridgehead atoms. The quantitative estimate of drug-likeness (QED) is 0.176.